The summed E-state index contributed by atoms with van der Waals surface area (Å²) in [5, 5.41) is 2.88. The predicted molar refractivity (Wildman–Crippen MR) is 81.5 cm³/mol. The van der Waals surface area contributed by atoms with Crippen molar-refractivity contribution >= 4 is 6.09 Å². The van der Waals surface area contributed by atoms with Gasteiger partial charge in [-0.15, -0.1) is 0 Å². The minimum Gasteiger partial charge on any atom is -0.445 e. The monoisotopic (exact) mass is 278 g/mol. The second-order valence-corrected chi connectivity index (χ2v) is 4.86. The number of rotatable bonds is 3. The Morgan fingerprint density at radius 2 is 1.81 bits per heavy atom. The SMILES string of the molecule is O=C(NC1C=C[CH]c2ccccc21)OCc1ccccc1. The fourth-order valence-electron chi connectivity index (χ4n) is 2.34. The van der Waals surface area contributed by atoms with Gasteiger partial charge in [-0.1, -0.05) is 66.7 Å². The maximum atomic E-state index is 11.9. The van der Waals surface area contributed by atoms with Crippen LogP contribution in [-0.2, 0) is 11.3 Å². The van der Waals surface area contributed by atoms with Crippen LogP contribution in [0.1, 0.15) is 22.7 Å². The molecule has 1 aliphatic carbocycles. The van der Waals surface area contributed by atoms with Gasteiger partial charge < -0.3 is 10.1 Å². The number of carbonyl (C=O) groups excluding carboxylic acids is 1. The van der Waals surface area contributed by atoms with E-state index in [0.29, 0.717) is 0 Å². The van der Waals surface area contributed by atoms with Gasteiger partial charge in [-0.2, -0.15) is 0 Å². The Labute approximate surface area is 124 Å². The summed E-state index contributed by atoms with van der Waals surface area (Å²) >= 11 is 0. The lowest BCUT2D eigenvalue weighted by Crippen LogP contribution is -2.29. The number of hydrogen-bond donors (Lipinski definition) is 1. The molecule has 0 bridgehead atoms. The van der Waals surface area contributed by atoms with Crippen molar-refractivity contribution in [3.05, 3.63) is 89.9 Å². The van der Waals surface area contributed by atoms with Crippen molar-refractivity contribution in [1.29, 1.82) is 0 Å². The number of ether oxygens (including phenoxy) is 1. The Hall–Kier alpha value is -2.55. The smallest absolute Gasteiger partial charge is 0.408 e. The molecule has 0 spiro atoms. The van der Waals surface area contributed by atoms with Crippen LogP contribution in [0.4, 0.5) is 4.79 Å². The second-order valence-electron chi connectivity index (χ2n) is 4.86. The Morgan fingerprint density at radius 1 is 1.05 bits per heavy atom. The largest absolute Gasteiger partial charge is 0.445 e. The summed E-state index contributed by atoms with van der Waals surface area (Å²) in [5.74, 6) is 0. The molecule has 3 nitrogen and oxygen atoms in total. The summed E-state index contributed by atoms with van der Waals surface area (Å²) in [7, 11) is 0. The van der Waals surface area contributed by atoms with Crippen molar-refractivity contribution < 1.29 is 9.53 Å². The normalized spacial score (nSPS) is 16.1. The molecule has 3 heteroatoms. The molecular formula is C18H16NO2. The molecule has 0 aliphatic heterocycles. The van der Waals surface area contributed by atoms with E-state index in [-0.39, 0.29) is 12.6 Å². The van der Waals surface area contributed by atoms with Gasteiger partial charge in [-0.25, -0.2) is 4.79 Å². The van der Waals surface area contributed by atoms with Gasteiger partial charge in [0, 0.05) is 6.42 Å². The lowest BCUT2D eigenvalue weighted by molar-refractivity contribution is 0.137. The van der Waals surface area contributed by atoms with Crippen LogP contribution < -0.4 is 5.32 Å². The number of benzene rings is 2. The standard InChI is InChI=1S/C18H16NO2/c20-18(21-13-14-7-2-1-3-8-14)19-17-12-6-10-15-9-4-5-11-16(15)17/h1-12,17H,13H2,(H,19,20). The van der Waals surface area contributed by atoms with E-state index < -0.39 is 6.09 Å². The zero-order valence-electron chi connectivity index (χ0n) is 11.5. The molecule has 3 rings (SSSR count). The average Bonchev–Trinajstić information content (AvgIpc) is 2.54. The number of fused-ring (bicyclic) bond motifs is 1. The summed E-state index contributed by atoms with van der Waals surface area (Å²) in [6.45, 7) is 0.275. The van der Waals surface area contributed by atoms with E-state index in [9.17, 15) is 4.79 Å². The van der Waals surface area contributed by atoms with E-state index in [0.717, 1.165) is 16.7 Å². The number of alkyl carbamates (subject to hydrolysis) is 1. The van der Waals surface area contributed by atoms with Gasteiger partial charge in [0.25, 0.3) is 0 Å². The zero-order chi connectivity index (χ0) is 14.5. The number of nitrogens with one attached hydrogen (secondary N) is 1. The van der Waals surface area contributed by atoms with Crippen molar-refractivity contribution in [3.8, 4) is 0 Å². The first-order valence-electron chi connectivity index (χ1n) is 6.90. The summed E-state index contributed by atoms with van der Waals surface area (Å²) < 4.78 is 5.25. The lowest BCUT2D eigenvalue weighted by Gasteiger charge is -2.21. The Balaban J connectivity index is 1.60. The molecule has 1 N–H and O–H groups in total. The van der Waals surface area contributed by atoms with Gasteiger partial charge in [-0.3, -0.25) is 0 Å². The Kier molecular flexibility index (Phi) is 4.01. The van der Waals surface area contributed by atoms with E-state index >= 15 is 0 Å². The van der Waals surface area contributed by atoms with Crippen LogP contribution in [0, 0.1) is 6.42 Å². The van der Waals surface area contributed by atoms with Crippen molar-refractivity contribution in [2.45, 2.75) is 12.6 Å². The van der Waals surface area contributed by atoms with Crippen molar-refractivity contribution in [3.63, 3.8) is 0 Å². The molecule has 1 radical (unpaired) electrons. The number of amides is 1. The van der Waals surface area contributed by atoms with Crippen molar-refractivity contribution in [2.24, 2.45) is 0 Å². The van der Waals surface area contributed by atoms with Gasteiger partial charge in [0.2, 0.25) is 0 Å². The maximum absolute atomic E-state index is 11.9. The molecule has 0 saturated carbocycles. The molecule has 2 aromatic carbocycles. The first-order chi connectivity index (χ1) is 10.3. The van der Waals surface area contributed by atoms with E-state index in [2.05, 4.69) is 5.32 Å². The molecule has 1 atom stereocenters. The van der Waals surface area contributed by atoms with Gasteiger partial charge in [0.15, 0.2) is 0 Å². The quantitative estimate of drug-likeness (QED) is 0.928. The van der Waals surface area contributed by atoms with Crippen LogP contribution in [0.2, 0.25) is 0 Å². The third kappa shape index (κ3) is 3.31. The molecule has 105 valence electrons. The maximum Gasteiger partial charge on any atom is 0.408 e. The topological polar surface area (TPSA) is 38.3 Å². The van der Waals surface area contributed by atoms with E-state index in [4.69, 9.17) is 4.74 Å². The highest BCUT2D eigenvalue weighted by atomic mass is 16.5. The number of carbonyl (C=O) groups is 1. The van der Waals surface area contributed by atoms with Crippen LogP contribution in [-0.4, -0.2) is 6.09 Å². The highest BCUT2D eigenvalue weighted by Gasteiger charge is 2.18. The van der Waals surface area contributed by atoms with E-state index in [1.165, 1.54) is 0 Å². The summed E-state index contributed by atoms with van der Waals surface area (Å²) in [5.41, 5.74) is 3.17. The molecule has 0 saturated heterocycles. The van der Waals surface area contributed by atoms with Crippen LogP contribution in [0.25, 0.3) is 0 Å². The first kappa shape index (κ1) is 13.4. The molecule has 1 unspecified atom stereocenters. The third-order valence-corrected chi connectivity index (χ3v) is 3.40. The molecule has 0 heterocycles. The summed E-state index contributed by atoms with van der Waals surface area (Å²) in [6, 6.07) is 17.5. The van der Waals surface area contributed by atoms with E-state index in [1.807, 2.05) is 73.2 Å². The molecule has 0 fully saturated rings. The highest BCUT2D eigenvalue weighted by molar-refractivity contribution is 5.69. The van der Waals surface area contributed by atoms with Gasteiger partial charge in [0.1, 0.15) is 6.61 Å². The molecule has 21 heavy (non-hydrogen) atoms. The first-order valence-corrected chi connectivity index (χ1v) is 6.90. The van der Waals surface area contributed by atoms with Gasteiger partial charge >= 0.3 is 6.09 Å². The van der Waals surface area contributed by atoms with Crippen LogP contribution in [0.5, 0.6) is 0 Å². The molecule has 2 aromatic rings. The minimum atomic E-state index is -0.412. The van der Waals surface area contributed by atoms with Crippen molar-refractivity contribution in [2.75, 3.05) is 0 Å². The third-order valence-electron chi connectivity index (χ3n) is 3.40. The van der Waals surface area contributed by atoms with Crippen LogP contribution in [0.3, 0.4) is 0 Å². The van der Waals surface area contributed by atoms with Crippen LogP contribution in [0.15, 0.2) is 66.7 Å². The molecule has 1 aliphatic rings. The number of hydrogen-bond acceptors (Lipinski definition) is 2. The lowest BCUT2D eigenvalue weighted by atomic mass is 9.93. The van der Waals surface area contributed by atoms with Gasteiger partial charge in [-0.05, 0) is 16.7 Å². The van der Waals surface area contributed by atoms with Gasteiger partial charge in [0.05, 0.1) is 6.04 Å². The van der Waals surface area contributed by atoms with E-state index in [1.54, 1.807) is 0 Å². The van der Waals surface area contributed by atoms with Crippen LogP contribution >= 0.6 is 0 Å². The predicted octanol–water partition coefficient (Wildman–Crippen LogP) is 3.78. The fourth-order valence-corrected chi connectivity index (χ4v) is 2.34. The summed E-state index contributed by atoms with van der Waals surface area (Å²) in [6.07, 6.45) is 5.52. The van der Waals surface area contributed by atoms with Crippen molar-refractivity contribution in [1.82, 2.24) is 5.32 Å². The molecule has 1 amide bonds. The molecule has 0 aromatic heterocycles. The number of allylic oxidation sites excluding steroid dienone is 1. The zero-order valence-corrected chi connectivity index (χ0v) is 11.5. The fraction of sp³-hybridized carbons (Fsp3) is 0.111. The second kappa shape index (κ2) is 6.27. The Morgan fingerprint density at radius 3 is 2.67 bits per heavy atom. The average molecular weight is 278 g/mol. The minimum absolute atomic E-state index is 0.144. The highest BCUT2D eigenvalue weighted by Crippen LogP contribution is 2.25. The molecular weight excluding hydrogens is 262 g/mol. The Bertz CT molecular complexity index is 649. The summed E-state index contributed by atoms with van der Waals surface area (Å²) in [4.78, 5) is 11.9.